The maximum atomic E-state index is 14.3. The van der Waals surface area contributed by atoms with Crippen molar-refractivity contribution in [1.29, 1.82) is 5.26 Å². The summed E-state index contributed by atoms with van der Waals surface area (Å²) in [6, 6.07) is 15.8. The van der Waals surface area contributed by atoms with Crippen molar-refractivity contribution in [3.63, 3.8) is 0 Å². The van der Waals surface area contributed by atoms with Crippen molar-refractivity contribution in [2.24, 2.45) is 5.73 Å². The number of phenols is 1. The van der Waals surface area contributed by atoms with Gasteiger partial charge in [0.2, 0.25) is 0 Å². The molecule has 0 radical (unpaired) electrons. The summed E-state index contributed by atoms with van der Waals surface area (Å²) < 4.78 is 14.3. The number of phenolic OH excluding ortho intramolecular Hbond substituents is 1. The Balaban J connectivity index is 1.76. The van der Waals surface area contributed by atoms with Gasteiger partial charge in [0.25, 0.3) is 0 Å². The molecule has 4 aromatic rings. The van der Waals surface area contributed by atoms with Crippen LogP contribution in [0.4, 0.5) is 10.1 Å². The van der Waals surface area contributed by atoms with E-state index in [1.165, 1.54) is 12.1 Å². The first kappa shape index (κ1) is 21.8. The Morgan fingerprint density at radius 1 is 1.12 bits per heavy atom. The second-order valence-electron chi connectivity index (χ2n) is 8.74. The van der Waals surface area contributed by atoms with Crippen LogP contribution in [0.5, 0.6) is 5.75 Å². The summed E-state index contributed by atoms with van der Waals surface area (Å²) in [5.74, 6) is -0.408. The summed E-state index contributed by atoms with van der Waals surface area (Å²) in [6.45, 7) is 3.37. The van der Waals surface area contributed by atoms with Crippen LogP contribution in [-0.4, -0.2) is 34.2 Å². The molecule has 7 heteroatoms. The van der Waals surface area contributed by atoms with Gasteiger partial charge in [-0.05, 0) is 67.3 Å². The van der Waals surface area contributed by atoms with Crippen LogP contribution in [0.25, 0.3) is 33.4 Å². The van der Waals surface area contributed by atoms with Crippen LogP contribution in [0, 0.1) is 24.1 Å². The van der Waals surface area contributed by atoms with Gasteiger partial charge in [0.05, 0.1) is 22.5 Å². The highest BCUT2D eigenvalue weighted by atomic mass is 19.1. The van der Waals surface area contributed by atoms with Gasteiger partial charge in [-0.15, -0.1) is 0 Å². The molecule has 0 unspecified atom stereocenters. The zero-order valence-corrected chi connectivity index (χ0v) is 18.8. The van der Waals surface area contributed by atoms with E-state index in [0.29, 0.717) is 22.3 Å². The molecule has 0 atom stereocenters. The van der Waals surface area contributed by atoms with Crippen LogP contribution >= 0.6 is 0 Å². The molecule has 170 valence electrons. The third-order valence-corrected chi connectivity index (χ3v) is 6.33. The van der Waals surface area contributed by atoms with Crippen molar-refractivity contribution in [1.82, 2.24) is 9.97 Å². The van der Waals surface area contributed by atoms with E-state index in [1.54, 1.807) is 30.5 Å². The maximum Gasteiger partial charge on any atom is 0.142 e. The molecule has 3 heterocycles. The molecule has 0 aliphatic carbocycles. The quantitative estimate of drug-likeness (QED) is 0.457. The van der Waals surface area contributed by atoms with Crippen LogP contribution in [0.2, 0.25) is 0 Å². The molecule has 2 aromatic heterocycles. The van der Waals surface area contributed by atoms with Gasteiger partial charge in [0.1, 0.15) is 23.2 Å². The number of aromatic hydroxyl groups is 1. The van der Waals surface area contributed by atoms with Crippen molar-refractivity contribution in [2.45, 2.75) is 25.8 Å². The lowest BCUT2D eigenvalue weighted by molar-refractivity contribution is 0.475. The van der Waals surface area contributed by atoms with Crippen LogP contribution in [0.15, 0.2) is 54.7 Å². The minimum atomic E-state index is -0.304. The van der Waals surface area contributed by atoms with E-state index in [9.17, 15) is 14.8 Å². The van der Waals surface area contributed by atoms with Crippen molar-refractivity contribution in [2.75, 3.05) is 18.0 Å². The van der Waals surface area contributed by atoms with Gasteiger partial charge < -0.3 is 15.7 Å². The van der Waals surface area contributed by atoms with E-state index in [4.69, 9.17) is 10.7 Å². The Morgan fingerprint density at radius 3 is 2.65 bits per heavy atom. The molecule has 6 nitrogen and oxygen atoms in total. The topological polar surface area (TPSA) is 99.1 Å². The molecule has 0 saturated carbocycles. The molecule has 1 fully saturated rings. The molecule has 0 bridgehead atoms. The van der Waals surface area contributed by atoms with Crippen LogP contribution in [0.3, 0.4) is 0 Å². The molecule has 0 spiro atoms. The lowest BCUT2D eigenvalue weighted by Crippen LogP contribution is -2.40. The number of fused-ring (bicyclic) bond motifs is 1. The number of piperidine rings is 1. The first-order chi connectivity index (χ1) is 16.4. The lowest BCUT2D eigenvalue weighted by atomic mass is 9.98. The highest BCUT2D eigenvalue weighted by Gasteiger charge is 2.24. The van der Waals surface area contributed by atoms with Gasteiger partial charge in [-0.2, -0.15) is 5.26 Å². The number of para-hydroxylation sites is 1. The van der Waals surface area contributed by atoms with Crippen molar-refractivity contribution < 1.29 is 9.50 Å². The first-order valence-corrected chi connectivity index (χ1v) is 11.2. The number of nitrogens with two attached hydrogens (primary N) is 1. The van der Waals surface area contributed by atoms with Crippen molar-refractivity contribution >= 4 is 16.7 Å². The highest BCUT2D eigenvalue weighted by molar-refractivity contribution is 5.98. The van der Waals surface area contributed by atoms with Gasteiger partial charge in [-0.1, -0.05) is 12.1 Å². The summed E-state index contributed by atoms with van der Waals surface area (Å²) in [6.07, 6.45) is 3.46. The van der Waals surface area contributed by atoms with E-state index in [1.807, 2.05) is 25.1 Å². The molecule has 1 aliphatic rings. The Hall–Kier alpha value is -4.02. The second-order valence-corrected chi connectivity index (χ2v) is 8.74. The second kappa shape index (κ2) is 8.73. The summed E-state index contributed by atoms with van der Waals surface area (Å²) in [7, 11) is 0. The van der Waals surface area contributed by atoms with Gasteiger partial charge in [-0.3, -0.25) is 4.98 Å². The highest BCUT2D eigenvalue weighted by Crippen LogP contribution is 2.39. The van der Waals surface area contributed by atoms with E-state index in [2.05, 4.69) is 9.88 Å². The van der Waals surface area contributed by atoms with Gasteiger partial charge in [-0.25, -0.2) is 9.37 Å². The first-order valence-electron chi connectivity index (χ1n) is 11.2. The SMILES string of the molecule is Cc1cc(F)cc(-c2cnc3ccc(-c4cccc(C#N)c4O)nc3c2N2CCC(N)CC2)c1. The molecular weight excluding hydrogens is 429 g/mol. The van der Waals surface area contributed by atoms with Gasteiger partial charge in [0.15, 0.2) is 0 Å². The number of benzene rings is 2. The fourth-order valence-corrected chi connectivity index (χ4v) is 4.59. The van der Waals surface area contributed by atoms with E-state index in [0.717, 1.165) is 48.3 Å². The molecule has 5 rings (SSSR count). The standard InChI is InChI=1S/C27H24FN5O/c1-16-11-18(13-19(28)12-16)22-15-31-24-6-5-23(21-4-2-3-17(14-29)27(21)34)32-25(24)26(22)33-9-7-20(30)8-10-33/h2-6,11-13,15,20,34H,7-10,30H2,1H3. The summed E-state index contributed by atoms with van der Waals surface area (Å²) in [5, 5.41) is 19.9. The van der Waals surface area contributed by atoms with E-state index >= 15 is 0 Å². The largest absolute Gasteiger partial charge is 0.506 e. The van der Waals surface area contributed by atoms with E-state index in [-0.39, 0.29) is 23.2 Å². The van der Waals surface area contributed by atoms with Crippen LogP contribution in [0.1, 0.15) is 24.0 Å². The number of halogens is 1. The fraction of sp³-hybridized carbons (Fsp3) is 0.222. The number of hydrogen-bond donors (Lipinski definition) is 2. The summed E-state index contributed by atoms with van der Waals surface area (Å²) >= 11 is 0. The predicted molar refractivity (Wildman–Crippen MR) is 131 cm³/mol. The average Bonchev–Trinajstić information content (AvgIpc) is 2.83. The Morgan fingerprint density at radius 2 is 1.91 bits per heavy atom. The number of aromatic nitrogens is 2. The predicted octanol–water partition coefficient (Wildman–Crippen LogP) is 4.92. The zero-order chi connectivity index (χ0) is 23.8. The van der Waals surface area contributed by atoms with Crippen LogP contribution < -0.4 is 10.6 Å². The van der Waals surface area contributed by atoms with Crippen molar-refractivity contribution in [3.8, 4) is 34.2 Å². The minimum Gasteiger partial charge on any atom is -0.506 e. The third kappa shape index (κ3) is 3.93. The van der Waals surface area contributed by atoms with Gasteiger partial charge >= 0.3 is 0 Å². The third-order valence-electron chi connectivity index (χ3n) is 6.33. The van der Waals surface area contributed by atoms with Crippen molar-refractivity contribution in [3.05, 3.63) is 71.7 Å². The number of aryl methyl sites for hydroxylation is 1. The summed E-state index contributed by atoms with van der Waals surface area (Å²) in [5.41, 5.74) is 11.9. The molecule has 34 heavy (non-hydrogen) atoms. The number of nitriles is 1. The molecule has 0 amide bonds. The molecule has 1 saturated heterocycles. The maximum absolute atomic E-state index is 14.3. The molecular formula is C27H24FN5O. The number of pyridine rings is 2. The normalized spacial score (nSPS) is 14.4. The van der Waals surface area contributed by atoms with Gasteiger partial charge in [0, 0.05) is 36.5 Å². The monoisotopic (exact) mass is 453 g/mol. The average molecular weight is 454 g/mol. The van der Waals surface area contributed by atoms with Crippen LogP contribution in [-0.2, 0) is 0 Å². The number of rotatable bonds is 3. The lowest BCUT2D eigenvalue weighted by Gasteiger charge is -2.34. The smallest absolute Gasteiger partial charge is 0.142 e. The Kier molecular flexibility index (Phi) is 5.60. The molecule has 1 aliphatic heterocycles. The summed E-state index contributed by atoms with van der Waals surface area (Å²) in [4.78, 5) is 11.8. The molecule has 2 aromatic carbocycles. The molecule has 3 N–H and O–H groups in total. The number of nitrogens with zero attached hydrogens (tertiary/aromatic N) is 4. The Labute approximate surface area is 197 Å². The number of anilines is 1. The Bertz CT molecular complexity index is 1420. The zero-order valence-electron chi connectivity index (χ0n) is 18.8. The fourth-order valence-electron chi connectivity index (χ4n) is 4.59. The minimum absolute atomic E-state index is 0.104. The van der Waals surface area contributed by atoms with E-state index < -0.39 is 0 Å². The number of hydrogen-bond acceptors (Lipinski definition) is 6.